The lowest BCUT2D eigenvalue weighted by atomic mass is 10.1. The molecule has 4 nitrogen and oxygen atoms in total. The Morgan fingerprint density at radius 2 is 2.14 bits per heavy atom. The lowest BCUT2D eigenvalue weighted by Crippen LogP contribution is -2.39. The second kappa shape index (κ2) is 4.67. The molecule has 0 fully saturated rings. The van der Waals surface area contributed by atoms with E-state index in [0.29, 0.717) is 9.61 Å². The Morgan fingerprint density at radius 1 is 1.57 bits per heavy atom. The van der Waals surface area contributed by atoms with Crippen LogP contribution in [0.3, 0.4) is 0 Å². The van der Waals surface area contributed by atoms with Crippen molar-refractivity contribution >= 4 is 27.3 Å². The number of ether oxygens (including phenoxy) is 2. The zero-order valence-corrected chi connectivity index (χ0v) is 10.6. The number of methoxy groups -OCH3 is 2. The van der Waals surface area contributed by atoms with Gasteiger partial charge >= 0.3 is 0 Å². The quantitative estimate of drug-likeness (QED) is 0.854. The van der Waals surface area contributed by atoms with Crippen molar-refractivity contribution < 1.29 is 14.6 Å². The zero-order chi connectivity index (χ0) is 10.8. The number of nitrogens with zero attached hydrogens (tertiary/aromatic N) is 1. The van der Waals surface area contributed by atoms with Crippen LogP contribution in [0.15, 0.2) is 9.98 Å². The summed E-state index contributed by atoms with van der Waals surface area (Å²) in [7, 11) is 2.95. The summed E-state index contributed by atoms with van der Waals surface area (Å²) >= 11 is 4.57. The fourth-order valence-electron chi connectivity index (χ4n) is 1.14. The number of halogens is 1. The number of rotatable bonds is 4. The average Bonchev–Trinajstić information content (AvgIpc) is 2.54. The first-order valence-corrected chi connectivity index (χ1v) is 5.59. The van der Waals surface area contributed by atoms with Gasteiger partial charge in [0.25, 0.3) is 0 Å². The fraction of sp³-hybridized carbons (Fsp3) is 0.625. The Hall–Kier alpha value is -0.0100. The molecule has 1 aromatic heterocycles. The van der Waals surface area contributed by atoms with Crippen LogP contribution in [0.2, 0.25) is 0 Å². The molecule has 1 rings (SSSR count). The summed E-state index contributed by atoms with van der Waals surface area (Å²) in [4.78, 5) is 4.12. The van der Waals surface area contributed by atoms with E-state index in [1.807, 2.05) is 0 Å². The molecule has 1 aromatic rings. The highest BCUT2D eigenvalue weighted by Crippen LogP contribution is 2.30. The van der Waals surface area contributed by atoms with E-state index in [9.17, 15) is 5.11 Å². The van der Waals surface area contributed by atoms with Crippen molar-refractivity contribution in [2.75, 3.05) is 14.2 Å². The summed E-state index contributed by atoms with van der Waals surface area (Å²) in [5, 5.41) is 12.5. The van der Waals surface area contributed by atoms with Crippen molar-refractivity contribution in [1.29, 1.82) is 0 Å². The molecule has 0 aliphatic carbocycles. The normalized spacial score (nSPS) is 15.9. The predicted molar refractivity (Wildman–Crippen MR) is 57.2 cm³/mol. The molecule has 0 saturated heterocycles. The Balaban J connectivity index is 2.93. The van der Waals surface area contributed by atoms with Crippen LogP contribution in [0.1, 0.15) is 11.9 Å². The van der Waals surface area contributed by atoms with Crippen LogP contribution in [-0.4, -0.2) is 30.6 Å². The summed E-state index contributed by atoms with van der Waals surface area (Å²) < 4.78 is 10.7. The molecule has 80 valence electrons. The monoisotopic (exact) mass is 281 g/mol. The maximum Gasteiger partial charge on any atom is 0.192 e. The molecule has 1 unspecified atom stereocenters. The number of hydrogen-bond acceptors (Lipinski definition) is 5. The van der Waals surface area contributed by atoms with Gasteiger partial charge < -0.3 is 14.6 Å². The van der Waals surface area contributed by atoms with E-state index in [0.717, 1.165) is 0 Å². The number of thiazole rings is 1. The molecule has 14 heavy (non-hydrogen) atoms. The van der Waals surface area contributed by atoms with Gasteiger partial charge in [0.1, 0.15) is 9.61 Å². The van der Waals surface area contributed by atoms with Gasteiger partial charge in [0.2, 0.25) is 0 Å². The standard InChI is InChI=1S/C8H12BrNO3S/c1-8(11,7(12-2)13-3)6-10-5(9)4-14-6/h4,7,11H,1-3H3. The second-order valence-electron chi connectivity index (χ2n) is 2.93. The molecule has 0 saturated carbocycles. The van der Waals surface area contributed by atoms with Crippen molar-refractivity contribution in [2.45, 2.75) is 18.8 Å². The zero-order valence-electron chi connectivity index (χ0n) is 8.15. The van der Waals surface area contributed by atoms with Crippen LogP contribution in [0, 0.1) is 0 Å². The van der Waals surface area contributed by atoms with E-state index in [4.69, 9.17) is 9.47 Å². The first-order valence-electron chi connectivity index (χ1n) is 3.91. The van der Waals surface area contributed by atoms with Gasteiger partial charge in [0, 0.05) is 19.6 Å². The van der Waals surface area contributed by atoms with Gasteiger partial charge in [-0.2, -0.15) is 0 Å². The summed E-state index contributed by atoms with van der Waals surface area (Å²) in [5.41, 5.74) is -1.24. The van der Waals surface area contributed by atoms with Gasteiger partial charge in [0.15, 0.2) is 11.9 Å². The summed E-state index contributed by atoms with van der Waals surface area (Å²) in [6, 6.07) is 0. The van der Waals surface area contributed by atoms with Crippen molar-refractivity contribution in [1.82, 2.24) is 4.98 Å². The molecule has 0 bridgehead atoms. The third-order valence-electron chi connectivity index (χ3n) is 1.80. The van der Waals surface area contributed by atoms with E-state index in [1.54, 1.807) is 12.3 Å². The Bertz CT molecular complexity index is 299. The number of hydrogen-bond donors (Lipinski definition) is 1. The smallest absolute Gasteiger partial charge is 0.192 e. The summed E-state index contributed by atoms with van der Waals surface area (Å²) in [6.07, 6.45) is -0.722. The SMILES string of the molecule is COC(OC)C(C)(O)c1nc(Br)cs1. The van der Waals surface area contributed by atoms with E-state index in [-0.39, 0.29) is 0 Å². The molecule has 1 heterocycles. The molecule has 1 N–H and O–H groups in total. The number of aromatic nitrogens is 1. The van der Waals surface area contributed by atoms with E-state index in [2.05, 4.69) is 20.9 Å². The summed E-state index contributed by atoms with van der Waals surface area (Å²) in [5.74, 6) is 0. The van der Waals surface area contributed by atoms with Gasteiger partial charge in [0.05, 0.1) is 0 Å². The molecular weight excluding hydrogens is 270 g/mol. The minimum Gasteiger partial charge on any atom is -0.378 e. The minimum absolute atomic E-state index is 0.554. The molecule has 0 radical (unpaired) electrons. The van der Waals surface area contributed by atoms with Gasteiger partial charge in [-0.25, -0.2) is 4.98 Å². The molecule has 6 heteroatoms. The van der Waals surface area contributed by atoms with Gasteiger partial charge in [-0.3, -0.25) is 0 Å². The van der Waals surface area contributed by atoms with Crippen LogP contribution < -0.4 is 0 Å². The van der Waals surface area contributed by atoms with Crippen LogP contribution in [-0.2, 0) is 15.1 Å². The van der Waals surface area contributed by atoms with Crippen molar-refractivity contribution in [3.8, 4) is 0 Å². The predicted octanol–water partition coefficient (Wildman–Crippen LogP) is 1.73. The topological polar surface area (TPSA) is 51.6 Å². The highest BCUT2D eigenvalue weighted by atomic mass is 79.9. The molecule has 0 amide bonds. The van der Waals surface area contributed by atoms with Gasteiger partial charge in [-0.05, 0) is 22.9 Å². The highest BCUT2D eigenvalue weighted by Gasteiger charge is 2.37. The van der Waals surface area contributed by atoms with Crippen LogP contribution >= 0.6 is 27.3 Å². The van der Waals surface area contributed by atoms with Crippen LogP contribution in [0.25, 0.3) is 0 Å². The van der Waals surface area contributed by atoms with Gasteiger partial charge in [-0.15, -0.1) is 11.3 Å². The third kappa shape index (κ3) is 2.32. The minimum atomic E-state index is -1.24. The summed E-state index contributed by atoms with van der Waals surface area (Å²) in [6.45, 7) is 1.61. The third-order valence-corrected chi connectivity index (χ3v) is 3.57. The molecular formula is C8H12BrNO3S. The van der Waals surface area contributed by atoms with Crippen molar-refractivity contribution in [2.24, 2.45) is 0 Å². The Labute approximate surface area is 95.0 Å². The average molecular weight is 282 g/mol. The highest BCUT2D eigenvalue weighted by molar-refractivity contribution is 9.10. The Morgan fingerprint density at radius 3 is 2.50 bits per heavy atom. The number of aliphatic hydroxyl groups is 1. The molecule has 0 spiro atoms. The lowest BCUT2D eigenvalue weighted by Gasteiger charge is -2.28. The largest absolute Gasteiger partial charge is 0.378 e. The van der Waals surface area contributed by atoms with E-state index >= 15 is 0 Å². The first kappa shape index (κ1) is 12.1. The van der Waals surface area contributed by atoms with Crippen molar-refractivity contribution in [3.05, 3.63) is 15.0 Å². The van der Waals surface area contributed by atoms with Gasteiger partial charge in [-0.1, -0.05) is 0 Å². The van der Waals surface area contributed by atoms with E-state index < -0.39 is 11.9 Å². The van der Waals surface area contributed by atoms with E-state index in [1.165, 1.54) is 25.6 Å². The molecule has 1 atom stereocenters. The lowest BCUT2D eigenvalue weighted by molar-refractivity contribution is -0.213. The first-order chi connectivity index (χ1) is 6.52. The second-order valence-corrected chi connectivity index (χ2v) is 4.60. The van der Waals surface area contributed by atoms with Crippen LogP contribution in [0.5, 0.6) is 0 Å². The fourth-order valence-corrected chi connectivity index (χ4v) is 2.47. The maximum absolute atomic E-state index is 10.1. The molecule has 0 aliphatic rings. The molecule has 0 aliphatic heterocycles. The molecule has 0 aromatic carbocycles. The van der Waals surface area contributed by atoms with Crippen LogP contribution in [0.4, 0.5) is 0 Å². The maximum atomic E-state index is 10.1. The Kier molecular flexibility index (Phi) is 4.03. The van der Waals surface area contributed by atoms with Crippen molar-refractivity contribution in [3.63, 3.8) is 0 Å².